The van der Waals surface area contributed by atoms with Crippen LogP contribution in [0.25, 0.3) is 0 Å². The average Bonchev–Trinajstić information content (AvgIpc) is 2.58. The molecule has 26 heavy (non-hydrogen) atoms. The van der Waals surface area contributed by atoms with E-state index >= 15 is 0 Å². The first-order valence-electron chi connectivity index (χ1n) is 7.89. The summed E-state index contributed by atoms with van der Waals surface area (Å²) >= 11 is 6.04. The standard InChI is InChI=1S/C16H26ClN3O4S.ClH/c1-6-16(18,7-2)10-19-25(22,23)13-9-11(17)8-12(14(13)24-5)15(21)20(3)4;/h8-9,19H,6-7,10,18H2,1-5H3;1H. The van der Waals surface area contributed by atoms with Gasteiger partial charge in [-0.05, 0) is 25.0 Å². The van der Waals surface area contributed by atoms with Gasteiger partial charge in [0.15, 0.2) is 5.75 Å². The summed E-state index contributed by atoms with van der Waals surface area (Å²) < 4.78 is 33.2. The molecule has 3 N–H and O–H groups in total. The molecule has 1 amide bonds. The number of methoxy groups -OCH3 is 1. The monoisotopic (exact) mass is 427 g/mol. The molecule has 1 aromatic carbocycles. The third-order valence-electron chi connectivity index (χ3n) is 4.17. The number of ether oxygens (including phenoxy) is 1. The number of hydrogen-bond donors (Lipinski definition) is 2. The molecule has 0 bridgehead atoms. The van der Waals surface area contributed by atoms with E-state index in [-0.39, 0.29) is 40.2 Å². The third kappa shape index (κ3) is 5.72. The van der Waals surface area contributed by atoms with Crippen molar-refractivity contribution in [1.29, 1.82) is 0 Å². The van der Waals surface area contributed by atoms with Gasteiger partial charge in [0.25, 0.3) is 5.91 Å². The van der Waals surface area contributed by atoms with Crippen LogP contribution >= 0.6 is 24.0 Å². The minimum atomic E-state index is -3.97. The van der Waals surface area contributed by atoms with Gasteiger partial charge in [0.05, 0.1) is 12.7 Å². The number of nitrogens with two attached hydrogens (primary N) is 1. The molecule has 7 nitrogen and oxygen atoms in total. The molecule has 150 valence electrons. The van der Waals surface area contributed by atoms with Gasteiger partial charge in [-0.1, -0.05) is 25.4 Å². The van der Waals surface area contributed by atoms with Gasteiger partial charge >= 0.3 is 0 Å². The van der Waals surface area contributed by atoms with E-state index in [0.717, 1.165) is 0 Å². The second-order valence-electron chi connectivity index (χ2n) is 6.08. The molecule has 1 aromatic rings. The molecule has 0 aromatic heterocycles. The molecular weight excluding hydrogens is 401 g/mol. The lowest BCUT2D eigenvalue weighted by Gasteiger charge is -2.27. The summed E-state index contributed by atoms with van der Waals surface area (Å²) in [5.74, 6) is -0.461. The predicted molar refractivity (Wildman–Crippen MR) is 106 cm³/mol. The Hall–Kier alpha value is -1.06. The second-order valence-corrected chi connectivity index (χ2v) is 8.25. The van der Waals surface area contributed by atoms with Gasteiger partial charge in [-0.3, -0.25) is 4.79 Å². The number of nitrogens with zero attached hydrogens (tertiary/aromatic N) is 1. The predicted octanol–water partition coefficient (Wildman–Crippen LogP) is 2.27. The van der Waals surface area contributed by atoms with Crippen molar-refractivity contribution in [3.05, 3.63) is 22.7 Å². The lowest BCUT2D eigenvalue weighted by atomic mass is 9.95. The van der Waals surface area contributed by atoms with Crippen LogP contribution in [0, 0.1) is 0 Å². The molecule has 0 unspecified atom stereocenters. The van der Waals surface area contributed by atoms with E-state index in [1.54, 1.807) is 14.1 Å². The summed E-state index contributed by atoms with van der Waals surface area (Å²) in [4.78, 5) is 13.4. The zero-order valence-electron chi connectivity index (χ0n) is 15.6. The highest BCUT2D eigenvalue weighted by molar-refractivity contribution is 7.89. The van der Waals surface area contributed by atoms with Crippen molar-refractivity contribution in [3.8, 4) is 5.75 Å². The van der Waals surface area contributed by atoms with Crippen molar-refractivity contribution >= 4 is 39.9 Å². The number of rotatable bonds is 8. The number of carbonyl (C=O) groups excluding carboxylic acids is 1. The van der Waals surface area contributed by atoms with E-state index in [0.29, 0.717) is 12.8 Å². The van der Waals surface area contributed by atoms with E-state index in [9.17, 15) is 13.2 Å². The molecule has 0 saturated carbocycles. The Morgan fingerprint density at radius 1 is 1.31 bits per heavy atom. The summed E-state index contributed by atoms with van der Waals surface area (Å²) in [5.41, 5.74) is 5.58. The van der Waals surface area contributed by atoms with Gasteiger partial charge in [0.2, 0.25) is 10.0 Å². The molecule has 0 saturated heterocycles. The molecule has 0 radical (unpaired) electrons. The Bertz CT molecular complexity index is 735. The molecule has 0 heterocycles. The van der Waals surface area contributed by atoms with E-state index in [1.807, 2.05) is 13.8 Å². The van der Waals surface area contributed by atoms with Crippen LogP contribution in [0.5, 0.6) is 5.75 Å². The fourth-order valence-electron chi connectivity index (χ4n) is 2.20. The minimum absolute atomic E-state index is 0. The second kappa shape index (κ2) is 9.75. The summed E-state index contributed by atoms with van der Waals surface area (Å²) in [6.07, 6.45) is 1.23. The summed E-state index contributed by atoms with van der Waals surface area (Å²) in [5, 5.41) is 0.122. The third-order valence-corrected chi connectivity index (χ3v) is 5.80. The van der Waals surface area contributed by atoms with Crippen LogP contribution in [-0.2, 0) is 10.0 Å². The minimum Gasteiger partial charge on any atom is -0.494 e. The SMILES string of the molecule is CCC(N)(CC)CNS(=O)(=O)c1cc(Cl)cc(C(=O)N(C)C)c1OC.Cl. The summed E-state index contributed by atoms with van der Waals surface area (Å²) in [6, 6.07) is 2.64. The highest BCUT2D eigenvalue weighted by Gasteiger charge is 2.29. The van der Waals surface area contributed by atoms with Gasteiger partial charge in [-0.2, -0.15) is 0 Å². The van der Waals surface area contributed by atoms with Crippen LogP contribution in [0.2, 0.25) is 5.02 Å². The summed E-state index contributed by atoms with van der Waals surface area (Å²) in [6.45, 7) is 3.85. The highest BCUT2D eigenvalue weighted by Crippen LogP contribution is 2.32. The average molecular weight is 428 g/mol. The molecule has 0 aliphatic heterocycles. The first kappa shape index (κ1) is 24.9. The lowest BCUT2D eigenvalue weighted by Crippen LogP contribution is -2.49. The van der Waals surface area contributed by atoms with Crippen molar-refractivity contribution in [3.63, 3.8) is 0 Å². The van der Waals surface area contributed by atoms with Gasteiger partial charge < -0.3 is 15.4 Å². The van der Waals surface area contributed by atoms with E-state index < -0.39 is 21.5 Å². The fraction of sp³-hybridized carbons (Fsp3) is 0.562. The zero-order chi connectivity index (χ0) is 19.4. The molecular formula is C16H27Cl2N3O4S. The molecule has 0 spiro atoms. The van der Waals surface area contributed by atoms with Gasteiger partial charge in [-0.15, -0.1) is 12.4 Å². The zero-order valence-corrected chi connectivity index (χ0v) is 18.0. The Balaban J connectivity index is 0.00000625. The number of nitrogens with one attached hydrogen (secondary N) is 1. The normalized spacial score (nSPS) is 11.7. The first-order chi connectivity index (χ1) is 11.5. The van der Waals surface area contributed by atoms with E-state index in [1.165, 1.54) is 24.1 Å². The Labute approximate surface area is 166 Å². The van der Waals surface area contributed by atoms with Crippen LogP contribution in [0.3, 0.4) is 0 Å². The van der Waals surface area contributed by atoms with Crippen LogP contribution in [0.4, 0.5) is 0 Å². The molecule has 0 atom stereocenters. The van der Waals surface area contributed by atoms with Crippen LogP contribution < -0.4 is 15.2 Å². The number of amides is 1. The quantitative estimate of drug-likeness (QED) is 0.662. The van der Waals surface area contributed by atoms with Crippen LogP contribution in [0.15, 0.2) is 17.0 Å². The van der Waals surface area contributed by atoms with Crippen molar-refractivity contribution in [2.75, 3.05) is 27.7 Å². The lowest BCUT2D eigenvalue weighted by molar-refractivity contribution is 0.0824. The maximum atomic E-state index is 12.8. The van der Waals surface area contributed by atoms with E-state index in [2.05, 4.69) is 4.72 Å². The highest BCUT2D eigenvalue weighted by atomic mass is 35.5. The van der Waals surface area contributed by atoms with Gasteiger partial charge in [-0.25, -0.2) is 13.1 Å². The van der Waals surface area contributed by atoms with Crippen molar-refractivity contribution in [2.45, 2.75) is 37.1 Å². The van der Waals surface area contributed by atoms with Crippen molar-refractivity contribution in [2.24, 2.45) is 5.73 Å². The summed E-state index contributed by atoms with van der Waals surface area (Å²) in [7, 11) is 0.447. The van der Waals surface area contributed by atoms with Crippen LogP contribution in [-0.4, -0.2) is 52.5 Å². The topological polar surface area (TPSA) is 102 Å². The molecule has 10 heteroatoms. The van der Waals surface area contributed by atoms with Crippen molar-refractivity contribution in [1.82, 2.24) is 9.62 Å². The Morgan fingerprint density at radius 3 is 2.27 bits per heavy atom. The Morgan fingerprint density at radius 2 is 1.85 bits per heavy atom. The van der Waals surface area contributed by atoms with Crippen molar-refractivity contribution < 1.29 is 17.9 Å². The fourth-order valence-corrected chi connectivity index (χ4v) is 3.83. The van der Waals surface area contributed by atoms with E-state index in [4.69, 9.17) is 22.1 Å². The Kier molecular flexibility index (Phi) is 9.36. The molecule has 0 aliphatic rings. The van der Waals surface area contributed by atoms with Gasteiger partial charge in [0, 0.05) is 31.2 Å². The molecule has 0 aliphatic carbocycles. The molecule has 0 fully saturated rings. The van der Waals surface area contributed by atoms with Crippen LogP contribution in [0.1, 0.15) is 37.0 Å². The number of carbonyl (C=O) groups is 1. The number of halogens is 2. The van der Waals surface area contributed by atoms with Gasteiger partial charge in [0.1, 0.15) is 4.90 Å². The number of hydrogen-bond acceptors (Lipinski definition) is 5. The number of benzene rings is 1. The largest absolute Gasteiger partial charge is 0.494 e. The molecule has 1 rings (SSSR count). The maximum Gasteiger partial charge on any atom is 0.257 e. The number of sulfonamides is 1. The smallest absolute Gasteiger partial charge is 0.257 e. The first-order valence-corrected chi connectivity index (χ1v) is 9.75. The maximum absolute atomic E-state index is 12.8.